The molecule has 4 nitrogen and oxygen atoms in total. The topological polar surface area (TPSA) is 46.6 Å². The van der Waals surface area contributed by atoms with Gasteiger partial charge in [0.15, 0.2) is 0 Å². The second kappa shape index (κ2) is 5.90. The van der Waals surface area contributed by atoms with Crippen molar-refractivity contribution in [3.63, 3.8) is 0 Å². The molecule has 16 heavy (non-hydrogen) atoms. The van der Waals surface area contributed by atoms with Gasteiger partial charge in [-0.2, -0.15) is 0 Å². The molecule has 0 aromatic heterocycles. The second-order valence-corrected chi connectivity index (χ2v) is 3.43. The highest BCUT2D eigenvalue weighted by atomic mass is 16.5. The first kappa shape index (κ1) is 12.2. The largest absolute Gasteiger partial charge is 0.434 e. The number of likely N-dealkylation sites (tertiary alicyclic amines) is 1. The van der Waals surface area contributed by atoms with E-state index in [9.17, 15) is 9.59 Å². The van der Waals surface area contributed by atoms with Crippen LogP contribution in [0.3, 0.4) is 0 Å². The Balaban J connectivity index is 2.50. The third-order valence-corrected chi connectivity index (χ3v) is 2.35. The van der Waals surface area contributed by atoms with Gasteiger partial charge < -0.3 is 9.64 Å². The lowest BCUT2D eigenvalue weighted by Gasteiger charge is -2.13. The molecule has 1 saturated heterocycles. The molecule has 0 radical (unpaired) electrons. The number of carbonyl (C=O) groups excluding carboxylic acids is 2. The SMILES string of the molecule is C=CC=CC1CCN(CC(=O)OC=C)C1=O. The zero-order valence-corrected chi connectivity index (χ0v) is 9.09. The fraction of sp³-hybridized carbons (Fsp3) is 0.333. The molecule has 0 bridgehead atoms. The van der Waals surface area contributed by atoms with Crippen LogP contribution in [0, 0.1) is 5.92 Å². The van der Waals surface area contributed by atoms with Crippen molar-refractivity contribution in [2.24, 2.45) is 5.92 Å². The molecule has 1 amide bonds. The van der Waals surface area contributed by atoms with Gasteiger partial charge in [0, 0.05) is 6.54 Å². The van der Waals surface area contributed by atoms with Crippen LogP contribution < -0.4 is 0 Å². The summed E-state index contributed by atoms with van der Waals surface area (Å²) in [5, 5.41) is 0. The van der Waals surface area contributed by atoms with Crippen LogP contribution in [0.2, 0.25) is 0 Å². The van der Waals surface area contributed by atoms with Crippen LogP contribution in [0.5, 0.6) is 0 Å². The molecule has 1 aliphatic heterocycles. The molecule has 0 saturated carbocycles. The van der Waals surface area contributed by atoms with E-state index < -0.39 is 5.97 Å². The minimum Gasteiger partial charge on any atom is -0.434 e. The number of ether oxygens (including phenoxy) is 1. The Morgan fingerprint density at radius 3 is 2.94 bits per heavy atom. The molecule has 1 aliphatic rings. The van der Waals surface area contributed by atoms with Gasteiger partial charge in [0.25, 0.3) is 0 Å². The molecule has 1 fully saturated rings. The minimum absolute atomic E-state index is 0.0106. The Morgan fingerprint density at radius 2 is 2.31 bits per heavy atom. The van der Waals surface area contributed by atoms with E-state index in [0.29, 0.717) is 6.54 Å². The Morgan fingerprint density at radius 1 is 1.56 bits per heavy atom. The molecule has 1 unspecified atom stereocenters. The van der Waals surface area contributed by atoms with E-state index in [1.165, 1.54) is 4.90 Å². The van der Waals surface area contributed by atoms with Gasteiger partial charge >= 0.3 is 5.97 Å². The monoisotopic (exact) mass is 221 g/mol. The van der Waals surface area contributed by atoms with Gasteiger partial charge in [-0.05, 0) is 6.42 Å². The van der Waals surface area contributed by atoms with Gasteiger partial charge in [-0.1, -0.05) is 31.4 Å². The first-order valence-electron chi connectivity index (χ1n) is 5.07. The molecular weight excluding hydrogens is 206 g/mol. The van der Waals surface area contributed by atoms with E-state index in [2.05, 4.69) is 17.9 Å². The lowest BCUT2D eigenvalue weighted by Crippen LogP contribution is -2.32. The first-order valence-corrected chi connectivity index (χ1v) is 5.07. The normalized spacial score (nSPS) is 20.1. The molecular formula is C12H15NO3. The molecule has 0 aromatic carbocycles. The summed E-state index contributed by atoms with van der Waals surface area (Å²) in [6.45, 7) is 7.39. The van der Waals surface area contributed by atoms with Crippen molar-refractivity contribution in [2.45, 2.75) is 6.42 Å². The standard InChI is InChI=1S/C12H15NO3/c1-3-5-6-10-7-8-13(12(10)15)9-11(14)16-4-2/h3-6,10H,1-2,7-9H2. The summed E-state index contributed by atoms with van der Waals surface area (Å²) in [5.41, 5.74) is 0. The zero-order valence-electron chi connectivity index (χ0n) is 9.09. The molecule has 0 N–H and O–H groups in total. The maximum Gasteiger partial charge on any atom is 0.330 e. The molecule has 86 valence electrons. The predicted octanol–water partition coefficient (Wildman–Crippen LogP) is 1.26. The highest BCUT2D eigenvalue weighted by Gasteiger charge is 2.30. The van der Waals surface area contributed by atoms with Crippen LogP contribution in [0.4, 0.5) is 0 Å². The summed E-state index contributed by atoms with van der Waals surface area (Å²) < 4.78 is 4.57. The van der Waals surface area contributed by atoms with Crippen molar-refractivity contribution in [2.75, 3.05) is 13.1 Å². The third-order valence-electron chi connectivity index (χ3n) is 2.35. The molecule has 4 heteroatoms. The van der Waals surface area contributed by atoms with E-state index in [4.69, 9.17) is 0 Å². The van der Waals surface area contributed by atoms with Crippen LogP contribution in [0.25, 0.3) is 0 Å². The van der Waals surface area contributed by atoms with Crippen molar-refractivity contribution >= 4 is 11.9 Å². The Bertz CT molecular complexity index is 333. The van der Waals surface area contributed by atoms with Gasteiger partial charge in [-0.3, -0.25) is 4.79 Å². The Kier molecular flexibility index (Phi) is 4.51. The summed E-state index contributed by atoms with van der Waals surface area (Å²) in [6, 6.07) is 0. The predicted molar refractivity (Wildman–Crippen MR) is 60.3 cm³/mol. The lowest BCUT2D eigenvalue weighted by molar-refractivity contribution is -0.143. The molecule has 0 aliphatic carbocycles. The van der Waals surface area contributed by atoms with E-state index in [1.807, 2.05) is 0 Å². The Hall–Kier alpha value is -1.84. The summed E-state index contributed by atoms with van der Waals surface area (Å²) in [6.07, 6.45) is 6.97. The summed E-state index contributed by atoms with van der Waals surface area (Å²) in [7, 11) is 0. The molecule has 1 rings (SSSR count). The fourth-order valence-electron chi connectivity index (χ4n) is 1.60. The van der Waals surface area contributed by atoms with E-state index in [1.54, 1.807) is 18.2 Å². The maximum absolute atomic E-state index is 11.8. The number of allylic oxidation sites excluding steroid dienone is 2. The smallest absolute Gasteiger partial charge is 0.330 e. The number of hydrogen-bond acceptors (Lipinski definition) is 3. The first-order chi connectivity index (χ1) is 7.69. The van der Waals surface area contributed by atoms with Crippen molar-refractivity contribution in [3.05, 3.63) is 37.6 Å². The fourth-order valence-corrected chi connectivity index (χ4v) is 1.60. The zero-order chi connectivity index (χ0) is 12.0. The van der Waals surface area contributed by atoms with E-state index >= 15 is 0 Å². The lowest BCUT2D eigenvalue weighted by atomic mass is 10.1. The average molecular weight is 221 g/mol. The summed E-state index contributed by atoms with van der Waals surface area (Å²) in [4.78, 5) is 24.4. The van der Waals surface area contributed by atoms with Crippen molar-refractivity contribution in [1.82, 2.24) is 4.90 Å². The number of rotatable bonds is 5. The molecule has 0 aromatic rings. The maximum atomic E-state index is 11.8. The summed E-state index contributed by atoms with van der Waals surface area (Å²) in [5.74, 6) is -0.648. The average Bonchev–Trinajstić information content (AvgIpc) is 2.58. The second-order valence-electron chi connectivity index (χ2n) is 3.43. The highest BCUT2D eigenvalue weighted by Crippen LogP contribution is 2.19. The van der Waals surface area contributed by atoms with Crippen LogP contribution in [-0.2, 0) is 14.3 Å². The van der Waals surface area contributed by atoms with Crippen LogP contribution in [0.1, 0.15) is 6.42 Å². The molecule has 1 atom stereocenters. The van der Waals surface area contributed by atoms with Crippen molar-refractivity contribution < 1.29 is 14.3 Å². The van der Waals surface area contributed by atoms with Gasteiger partial charge in [0.1, 0.15) is 6.54 Å². The number of hydrogen-bond donors (Lipinski definition) is 0. The van der Waals surface area contributed by atoms with Crippen LogP contribution >= 0.6 is 0 Å². The van der Waals surface area contributed by atoms with Gasteiger partial charge in [0.2, 0.25) is 5.91 Å². The van der Waals surface area contributed by atoms with Gasteiger partial charge in [-0.25, -0.2) is 4.79 Å². The van der Waals surface area contributed by atoms with Gasteiger partial charge in [-0.15, -0.1) is 0 Å². The molecule has 1 heterocycles. The van der Waals surface area contributed by atoms with E-state index in [0.717, 1.165) is 12.7 Å². The van der Waals surface area contributed by atoms with E-state index in [-0.39, 0.29) is 18.4 Å². The van der Waals surface area contributed by atoms with Crippen LogP contribution in [0.15, 0.2) is 37.6 Å². The quantitative estimate of drug-likeness (QED) is 0.399. The highest BCUT2D eigenvalue weighted by molar-refractivity contribution is 5.86. The van der Waals surface area contributed by atoms with Gasteiger partial charge in [0.05, 0.1) is 12.2 Å². The number of nitrogens with zero attached hydrogens (tertiary/aromatic N) is 1. The number of amides is 1. The van der Waals surface area contributed by atoms with Crippen molar-refractivity contribution in [1.29, 1.82) is 0 Å². The molecule has 0 spiro atoms. The number of carbonyl (C=O) groups is 2. The minimum atomic E-state index is -0.461. The third kappa shape index (κ3) is 3.08. The van der Waals surface area contributed by atoms with Crippen LogP contribution in [-0.4, -0.2) is 29.9 Å². The number of esters is 1. The Labute approximate surface area is 94.9 Å². The van der Waals surface area contributed by atoms with Crippen molar-refractivity contribution in [3.8, 4) is 0 Å². The summed E-state index contributed by atoms with van der Waals surface area (Å²) >= 11 is 0.